The van der Waals surface area contributed by atoms with Crippen molar-refractivity contribution in [3.05, 3.63) is 168 Å². The Bertz CT molecular complexity index is 2850. The molecule has 0 aliphatic heterocycles. The minimum Gasteiger partial charge on any atom is -0.354 e. The molecule has 0 spiro atoms. The van der Waals surface area contributed by atoms with Crippen LogP contribution in [0, 0.1) is 0 Å². The summed E-state index contributed by atoms with van der Waals surface area (Å²) in [7, 11) is 0. The molecule has 0 amide bonds. The van der Waals surface area contributed by atoms with Crippen LogP contribution in [0.5, 0.6) is 0 Å². The van der Waals surface area contributed by atoms with Gasteiger partial charge in [-0.1, -0.05) is 109 Å². The number of fused-ring (bicyclic) bond motifs is 10. The van der Waals surface area contributed by atoms with Gasteiger partial charge in [0.2, 0.25) is 0 Å². The molecule has 0 aliphatic carbocycles. The molecule has 0 atom stereocenters. The normalized spacial score (nSPS) is 12.8. The van der Waals surface area contributed by atoms with E-state index in [-0.39, 0.29) is 0 Å². The van der Waals surface area contributed by atoms with Gasteiger partial charge in [-0.15, -0.1) is 0 Å². The highest BCUT2D eigenvalue weighted by Crippen LogP contribution is 2.41. The van der Waals surface area contributed by atoms with Crippen LogP contribution in [0.15, 0.2) is 157 Å². The van der Waals surface area contributed by atoms with Crippen LogP contribution in [0.4, 0.5) is 0 Å². The molecule has 0 saturated heterocycles. The number of nitrogens with zero attached hydrogens (tertiary/aromatic N) is 2. The van der Waals surface area contributed by atoms with Crippen molar-refractivity contribution in [1.29, 1.82) is 0 Å². The third-order valence-electron chi connectivity index (χ3n) is 9.70. The molecule has 0 saturated carbocycles. The molecule has 0 radical (unpaired) electrons. The Kier molecular flexibility index (Phi) is 5.64. The Labute approximate surface area is 271 Å². The smallest absolute Gasteiger partial charge is 0.0650 e. The third kappa shape index (κ3) is 4.10. The van der Waals surface area contributed by atoms with Crippen LogP contribution in [-0.4, -0.2) is 15.1 Å². The van der Waals surface area contributed by atoms with E-state index in [0.29, 0.717) is 6.54 Å². The summed E-state index contributed by atoms with van der Waals surface area (Å²) in [6, 6.07) is 52.4. The molecule has 220 valence electrons. The zero-order chi connectivity index (χ0) is 30.9. The van der Waals surface area contributed by atoms with Gasteiger partial charge in [0.15, 0.2) is 0 Å². The van der Waals surface area contributed by atoms with Gasteiger partial charge >= 0.3 is 0 Å². The quantitative estimate of drug-likeness (QED) is 0.191. The van der Waals surface area contributed by atoms with Gasteiger partial charge < -0.3 is 9.38 Å². The number of H-pyrrole nitrogens is 1. The standard InChI is InChI=1S/C44H29N3/c1-3-10-29(11-4-1)27-45-39(30-12-5-2-6-13-30)20-18-28-19-21-40-36(22-28)37-23-31-24-38-35-16-9-15-34-33-14-7-8-17-42(33)47(44(34)35)43(38)26-32(31)25-41(37)46-40/h1-26,46H,27H2/b20-18+,45-39?. The van der Waals surface area contributed by atoms with Gasteiger partial charge in [-0.2, -0.15) is 0 Å². The highest BCUT2D eigenvalue weighted by Gasteiger charge is 2.18. The summed E-state index contributed by atoms with van der Waals surface area (Å²) < 4.78 is 2.45. The topological polar surface area (TPSA) is 32.6 Å². The first-order valence-electron chi connectivity index (χ1n) is 16.2. The second-order valence-electron chi connectivity index (χ2n) is 12.5. The summed E-state index contributed by atoms with van der Waals surface area (Å²) in [5.74, 6) is 0. The number of hydrogen-bond acceptors (Lipinski definition) is 1. The highest BCUT2D eigenvalue weighted by molar-refractivity contribution is 6.25. The lowest BCUT2D eigenvalue weighted by Gasteiger charge is -2.04. The summed E-state index contributed by atoms with van der Waals surface area (Å²) in [6.45, 7) is 0.643. The van der Waals surface area contributed by atoms with Gasteiger partial charge in [0, 0.05) is 43.4 Å². The van der Waals surface area contributed by atoms with Crippen molar-refractivity contribution in [2.45, 2.75) is 6.54 Å². The molecule has 10 aromatic rings. The highest BCUT2D eigenvalue weighted by atomic mass is 14.9. The molecule has 47 heavy (non-hydrogen) atoms. The van der Waals surface area contributed by atoms with Gasteiger partial charge in [-0.25, -0.2) is 0 Å². The number of para-hydroxylation sites is 2. The summed E-state index contributed by atoms with van der Waals surface area (Å²) in [5.41, 5.74) is 10.6. The van der Waals surface area contributed by atoms with Crippen molar-refractivity contribution in [3.63, 3.8) is 0 Å². The Morgan fingerprint density at radius 1 is 0.553 bits per heavy atom. The number of aliphatic imine (C=N–C) groups is 1. The number of allylic oxidation sites excluding steroid dienone is 1. The maximum absolute atomic E-state index is 5.01. The van der Waals surface area contributed by atoms with E-state index in [1.807, 2.05) is 12.1 Å². The number of hydrogen-bond donors (Lipinski definition) is 1. The second-order valence-corrected chi connectivity index (χ2v) is 12.5. The molecule has 3 nitrogen and oxygen atoms in total. The molecule has 0 unspecified atom stereocenters. The maximum Gasteiger partial charge on any atom is 0.0650 e. The molecule has 7 aromatic carbocycles. The zero-order valence-electron chi connectivity index (χ0n) is 25.6. The van der Waals surface area contributed by atoms with Crippen LogP contribution in [0.25, 0.3) is 76.7 Å². The molecule has 1 N–H and O–H groups in total. The second kappa shape index (κ2) is 10.2. The van der Waals surface area contributed by atoms with Crippen molar-refractivity contribution in [1.82, 2.24) is 9.38 Å². The fourth-order valence-corrected chi connectivity index (χ4v) is 7.48. The van der Waals surface area contributed by atoms with Gasteiger partial charge in [-0.3, -0.25) is 4.99 Å². The Morgan fingerprint density at radius 3 is 2.13 bits per heavy atom. The largest absolute Gasteiger partial charge is 0.354 e. The van der Waals surface area contributed by atoms with Crippen molar-refractivity contribution < 1.29 is 0 Å². The summed E-state index contributed by atoms with van der Waals surface area (Å²) in [4.78, 5) is 8.71. The average molecular weight is 600 g/mol. The molecule has 0 aliphatic rings. The molecular formula is C44H29N3. The van der Waals surface area contributed by atoms with E-state index in [1.54, 1.807) is 0 Å². The lowest BCUT2D eigenvalue weighted by atomic mass is 10.0. The molecule has 3 aromatic heterocycles. The third-order valence-corrected chi connectivity index (χ3v) is 9.70. The fourth-order valence-electron chi connectivity index (χ4n) is 7.48. The van der Waals surface area contributed by atoms with Gasteiger partial charge in [-0.05, 0) is 76.0 Å². The minimum atomic E-state index is 0.643. The monoisotopic (exact) mass is 599 g/mol. The van der Waals surface area contributed by atoms with Gasteiger partial charge in [0.05, 0.1) is 28.8 Å². The number of aromatic amines is 1. The number of rotatable bonds is 5. The van der Waals surface area contributed by atoms with Gasteiger partial charge in [0.1, 0.15) is 0 Å². The molecule has 0 bridgehead atoms. The molecule has 3 heteroatoms. The van der Waals surface area contributed by atoms with Crippen molar-refractivity contribution in [2.75, 3.05) is 0 Å². The average Bonchev–Trinajstić information content (AvgIpc) is 3.77. The van der Waals surface area contributed by atoms with Crippen LogP contribution in [0.3, 0.4) is 0 Å². The zero-order valence-corrected chi connectivity index (χ0v) is 25.6. The van der Waals surface area contributed by atoms with Crippen LogP contribution >= 0.6 is 0 Å². The summed E-state index contributed by atoms with van der Waals surface area (Å²) in [5, 5.41) is 10.2. The Morgan fingerprint density at radius 2 is 1.26 bits per heavy atom. The summed E-state index contributed by atoms with van der Waals surface area (Å²) in [6.07, 6.45) is 4.33. The van der Waals surface area contributed by atoms with E-state index in [1.165, 1.54) is 65.2 Å². The van der Waals surface area contributed by atoms with Crippen molar-refractivity contribution >= 4 is 82.5 Å². The Hall–Kier alpha value is -6.19. The summed E-state index contributed by atoms with van der Waals surface area (Å²) >= 11 is 0. The fraction of sp³-hybridized carbons (Fsp3) is 0.0227. The lowest BCUT2D eigenvalue weighted by molar-refractivity contribution is 1.07. The first kappa shape index (κ1) is 26.1. The van der Waals surface area contributed by atoms with Crippen LogP contribution in [0.2, 0.25) is 0 Å². The maximum atomic E-state index is 5.01. The number of nitrogens with one attached hydrogen (secondary N) is 1. The Balaban J connectivity index is 1.10. The van der Waals surface area contributed by atoms with Crippen molar-refractivity contribution in [3.8, 4) is 0 Å². The molecular weight excluding hydrogens is 571 g/mol. The van der Waals surface area contributed by atoms with Crippen molar-refractivity contribution in [2.24, 2.45) is 4.99 Å². The van der Waals surface area contributed by atoms with Gasteiger partial charge in [0.25, 0.3) is 0 Å². The van der Waals surface area contributed by atoms with Crippen LogP contribution < -0.4 is 0 Å². The number of benzene rings is 7. The lowest BCUT2D eigenvalue weighted by Crippen LogP contribution is -1.97. The van der Waals surface area contributed by atoms with E-state index in [4.69, 9.17) is 4.99 Å². The molecule has 3 heterocycles. The van der Waals surface area contributed by atoms with E-state index in [2.05, 4.69) is 155 Å². The van der Waals surface area contributed by atoms with E-state index < -0.39 is 0 Å². The molecule has 10 rings (SSSR count). The minimum absolute atomic E-state index is 0.643. The predicted octanol–water partition coefficient (Wildman–Crippen LogP) is 11.3. The first-order chi connectivity index (χ1) is 23.3. The predicted molar refractivity (Wildman–Crippen MR) is 200 cm³/mol. The van der Waals surface area contributed by atoms with E-state index in [0.717, 1.165) is 27.9 Å². The number of aromatic nitrogens is 2. The van der Waals surface area contributed by atoms with E-state index >= 15 is 0 Å². The molecule has 0 fully saturated rings. The van der Waals surface area contributed by atoms with E-state index in [9.17, 15) is 0 Å². The SMILES string of the molecule is C(=C\c1ccc2[nH]c3cc4cc5c(cc4cc3c2c1)c1cccc2c3ccccc3n5c21)/C(=NCc1ccccc1)c1ccccc1. The van der Waals surface area contributed by atoms with Crippen LogP contribution in [-0.2, 0) is 6.54 Å². The van der Waals surface area contributed by atoms with Crippen LogP contribution in [0.1, 0.15) is 16.7 Å². The first-order valence-corrected chi connectivity index (χ1v) is 16.2.